The maximum Gasteiger partial charge on any atom is 0.524 e. The normalized spacial score (nSPS) is 12.8. The number of phosphoric ester groups is 1. The summed E-state index contributed by atoms with van der Waals surface area (Å²) in [6, 6.07) is 10.2. The first kappa shape index (κ1) is 23.3. The van der Waals surface area contributed by atoms with Crippen molar-refractivity contribution in [1.29, 1.82) is 0 Å². The maximum absolute atomic E-state index is 14.0. The second kappa shape index (κ2) is 9.17. The fourth-order valence-corrected chi connectivity index (χ4v) is 4.65. The van der Waals surface area contributed by atoms with E-state index in [0.29, 0.717) is 28.6 Å². The molecule has 2 aromatic heterocycles. The Bertz CT molecular complexity index is 1360. The van der Waals surface area contributed by atoms with Gasteiger partial charge in [-0.2, -0.15) is 0 Å². The van der Waals surface area contributed by atoms with Gasteiger partial charge in [-0.05, 0) is 42.3 Å². The Morgan fingerprint density at radius 1 is 1.24 bits per heavy atom. The molecule has 8 nitrogen and oxygen atoms in total. The second-order valence-electron chi connectivity index (χ2n) is 7.39. The maximum atomic E-state index is 14.0. The lowest BCUT2D eigenvalue weighted by Gasteiger charge is -2.09. The lowest BCUT2D eigenvalue weighted by molar-refractivity contribution is 0.103. The first-order valence-electron chi connectivity index (χ1n) is 9.95. The van der Waals surface area contributed by atoms with Gasteiger partial charge in [0.2, 0.25) is 5.78 Å². The molecule has 1 atom stereocenters. The van der Waals surface area contributed by atoms with E-state index >= 15 is 0 Å². The predicted molar refractivity (Wildman–Crippen MR) is 121 cm³/mol. The van der Waals surface area contributed by atoms with E-state index in [9.17, 15) is 18.9 Å². The third-order valence-corrected chi connectivity index (χ3v) is 6.34. The molecule has 4 rings (SSSR count). The summed E-state index contributed by atoms with van der Waals surface area (Å²) in [5.41, 5.74) is 2.06. The largest absolute Gasteiger partial charge is 0.524 e. The monoisotopic (exact) mass is 490 g/mol. The third kappa shape index (κ3) is 5.21. The Kier molecular flexibility index (Phi) is 6.47. The number of thiazole rings is 1. The lowest BCUT2D eigenvalue weighted by atomic mass is 10.1. The first-order valence-corrected chi connectivity index (χ1v) is 12.4. The minimum absolute atomic E-state index is 0.0141. The summed E-state index contributed by atoms with van der Waals surface area (Å²) in [6.07, 6.45) is 1.37. The number of ketones is 1. The highest BCUT2D eigenvalue weighted by atomic mass is 32.1. The van der Waals surface area contributed by atoms with Crippen LogP contribution in [0.15, 0.2) is 54.0 Å². The van der Waals surface area contributed by atoms with Crippen LogP contribution in [0.1, 0.15) is 46.1 Å². The summed E-state index contributed by atoms with van der Waals surface area (Å²) in [6.45, 7) is 2.10. The Balaban J connectivity index is 1.67. The van der Waals surface area contributed by atoms with Gasteiger partial charge in [-0.25, -0.2) is 13.9 Å². The number of aromatic nitrogens is 2. The van der Waals surface area contributed by atoms with Crippen LogP contribution < -0.4 is 4.52 Å². The molecule has 172 valence electrons. The number of fused-ring (bicyclic) bond motifs is 1. The van der Waals surface area contributed by atoms with Crippen LogP contribution in [-0.2, 0) is 11.1 Å². The molecule has 0 aliphatic carbocycles. The number of rotatable bonds is 8. The number of carbonyl (C=O) groups excluding carboxylic acids is 1. The van der Waals surface area contributed by atoms with E-state index in [-0.39, 0.29) is 23.1 Å². The fourth-order valence-electron chi connectivity index (χ4n) is 3.43. The minimum Gasteiger partial charge on any atom is -0.404 e. The number of hydrogen-bond donors (Lipinski definition) is 3. The van der Waals surface area contributed by atoms with Crippen LogP contribution in [0.3, 0.4) is 0 Å². The average molecular weight is 490 g/mol. The van der Waals surface area contributed by atoms with E-state index in [4.69, 9.17) is 9.79 Å². The number of phosphoric acid groups is 1. The summed E-state index contributed by atoms with van der Waals surface area (Å²) < 4.78 is 31.2. The zero-order valence-corrected chi connectivity index (χ0v) is 19.1. The van der Waals surface area contributed by atoms with Crippen LogP contribution in [-0.4, -0.2) is 30.2 Å². The number of halogens is 1. The average Bonchev–Trinajstić information content (AvgIpc) is 3.39. The van der Waals surface area contributed by atoms with Gasteiger partial charge in [-0.1, -0.05) is 19.1 Å². The van der Waals surface area contributed by atoms with Crippen molar-refractivity contribution in [2.45, 2.75) is 26.0 Å². The number of carbonyl (C=O) groups is 1. The van der Waals surface area contributed by atoms with Crippen LogP contribution in [0.25, 0.3) is 10.9 Å². The van der Waals surface area contributed by atoms with Gasteiger partial charge in [0.1, 0.15) is 11.6 Å². The Labute approximate surface area is 192 Å². The molecule has 0 saturated heterocycles. The first-order chi connectivity index (χ1) is 15.6. The number of nitrogens with zero attached hydrogens (tertiary/aromatic N) is 2. The standard InChI is InChI=1S/C22H20FN2O6PS/c1-2-20(26)18-12-33-22(24-18)21(27)17-11-25(19-9-14(23)5-8-16(17)19)10-13-3-6-15(7-4-13)31-32(28,29)30/h3-9,11-12,20,26H,2,10H2,1H3,(H2,28,29,30)/t20-/m1/s1. The molecule has 0 aliphatic rings. The SMILES string of the molecule is CC[C@@H](O)c1csc(C(=O)c2cn(Cc3ccc(OP(=O)(O)O)cc3)c3cc(F)ccc23)n1. The Morgan fingerprint density at radius 3 is 2.64 bits per heavy atom. The molecule has 4 aromatic rings. The fraction of sp³-hybridized carbons (Fsp3) is 0.182. The van der Waals surface area contributed by atoms with Gasteiger partial charge in [-0.3, -0.25) is 14.6 Å². The molecule has 0 amide bonds. The lowest BCUT2D eigenvalue weighted by Crippen LogP contribution is -2.03. The van der Waals surface area contributed by atoms with Crippen LogP contribution in [0.5, 0.6) is 5.75 Å². The van der Waals surface area contributed by atoms with Crippen molar-refractivity contribution in [3.05, 3.63) is 81.7 Å². The molecule has 33 heavy (non-hydrogen) atoms. The van der Waals surface area contributed by atoms with Crippen LogP contribution in [0, 0.1) is 5.82 Å². The zero-order valence-electron chi connectivity index (χ0n) is 17.4. The molecule has 0 fully saturated rings. The molecular formula is C22H20FN2O6PS. The summed E-state index contributed by atoms with van der Waals surface area (Å²) in [7, 11) is -4.66. The van der Waals surface area contributed by atoms with E-state index in [0.717, 1.165) is 16.9 Å². The molecule has 11 heteroatoms. The summed E-state index contributed by atoms with van der Waals surface area (Å²) in [5, 5.41) is 12.4. The van der Waals surface area contributed by atoms with Crippen molar-refractivity contribution < 1.29 is 33.2 Å². The van der Waals surface area contributed by atoms with E-state index in [1.165, 1.54) is 24.3 Å². The smallest absolute Gasteiger partial charge is 0.404 e. The van der Waals surface area contributed by atoms with Crippen molar-refractivity contribution >= 4 is 35.8 Å². The number of aliphatic hydroxyl groups excluding tert-OH is 1. The molecule has 0 unspecified atom stereocenters. The molecule has 0 radical (unpaired) electrons. The van der Waals surface area contributed by atoms with Gasteiger partial charge < -0.3 is 14.2 Å². The van der Waals surface area contributed by atoms with Crippen molar-refractivity contribution in [3.8, 4) is 5.75 Å². The molecule has 0 spiro atoms. The topological polar surface area (TPSA) is 122 Å². The number of benzene rings is 2. The van der Waals surface area contributed by atoms with Crippen LogP contribution in [0.2, 0.25) is 0 Å². The highest BCUT2D eigenvalue weighted by molar-refractivity contribution is 7.46. The summed E-state index contributed by atoms with van der Waals surface area (Å²) in [4.78, 5) is 35.3. The third-order valence-electron chi connectivity index (χ3n) is 5.03. The minimum atomic E-state index is -4.66. The molecule has 0 aliphatic heterocycles. The molecule has 2 heterocycles. The Morgan fingerprint density at radius 2 is 1.97 bits per heavy atom. The van der Waals surface area contributed by atoms with Gasteiger partial charge in [0.25, 0.3) is 0 Å². The Hall–Kier alpha value is -2.88. The van der Waals surface area contributed by atoms with E-state index in [1.807, 2.05) is 6.92 Å². The van der Waals surface area contributed by atoms with Gasteiger partial charge >= 0.3 is 7.82 Å². The van der Waals surface area contributed by atoms with Crippen LogP contribution >= 0.6 is 19.2 Å². The molecule has 3 N–H and O–H groups in total. The summed E-state index contributed by atoms with van der Waals surface area (Å²) in [5.74, 6) is -0.760. The van der Waals surface area contributed by atoms with Crippen molar-refractivity contribution in [2.24, 2.45) is 0 Å². The number of hydrogen-bond acceptors (Lipinski definition) is 6. The highest BCUT2D eigenvalue weighted by Gasteiger charge is 2.22. The predicted octanol–water partition coefficient (Wildman–Crippen LogP) is 4.43. The highest BCUT2D eigenvalue weighted by Crippen LogP contribution is 2.37. The van der Waals surface area contributed by atoms with Crippen molar-refractivity contribution in [3.63, 3.8) is 0 Å². The molecule has 2 aromatic carbocycles. The van der Waals surface area contributed by atoms with Crippen molar-refractivity contribution in [2.75, 3.05) is 0 Å². The molecule has 0 saturated carbocycles. The van der Waals surface area contributed by atoms with Gasteiger partial charge in [0.15, 0.2) is 5.01 Å². The second-order valence-corrected chi connectivity index (χ2v) is 9.41. The van der Waals surface area contributed by atoms with E-state index in [1.54, 1.807) is 34.3 Å². The molecule has 0 bridgehead atoms. The van der Waals surface area contributed by atoms with E-state index < -0.39 is 19.7 Å². The number of aliphatic hydroxyl groups is 1. The quantitative estimate of drug-likeness (QED) is 0.247. The van der Waals surface area contributed by atoms with Gasteiger partial charge in [0, 0.05) is 23.5 Å². The van der Waals surface area contributed by atoms with Crippen molar-refractivity contribution in [1.82, 2.24) is 9.55 Å². The zero-order chi connectivity index (χ0) is 23.8. The molecular weight excluding hydrogens is 470 g/mol. The van der Waals surface area contributed by atoms with Gasteiger partial charge in [0.05, 0.1) is 22.9 Å². The van der Waals surface area contributed by atoms with Crippen LogP contribution in [0.4, 0.5) is 4.39 Å². The van der Waals surface area contributed by atoms with Gasteiger partial charge in [-0.15, -0.1) is 11.3 Å². The van der Waals surface area contributed by atoms with E-state index in [2.05, 4.69) is 9.51 Å². The summed E-state index contributed by atoms with van der Waals surface area (Å²) >= 11 is 1.15.